The number of aliphatic hydroxyl groups is 1. The van der Waals surface area contributed by atoms with Crippen molar-refractivity contribution in [3.8, 4) is 0 Å². The molecule has 0 aromatic heterocycles. The van der Waals surface area contributed by atoms with Gasteiger partial charge in [0.2, 0.25) is 0 Å². The van der Waals surface area contributed by atoms with Crippen molar-refractivity contribution in [1.82, 2.24) is 0 Å². The van der Waals surface area contributed by atoms with Crippen molar-refractivity contribution in [2.75, 3.05) is 6.61 Å². The summed E-state index contributed by atoms with van der Waals surface area (Å²) in [4.78, 5) is 0. The van der Waals surface area contributed by atoms with Crippen LogP contribution in [0.25, 0.3) is 6.08 Å². The van der Waals surface area contributed by atoms with Gasteiger partial charge in [0.25, 0.3) is 0 Å². The first-order chi connectivity index (χ1) is 6.76. The maximum atomic E-state index is 12.6. The van der Waals surface area contributed by atoms with Crippen molar-refractivity contribution in [2.45, 2.75) is 13.3 Å². The quantitative estimate of drug-likeness (QED) is 0.781. The molecule has 1 nitrogen and oxygen atoms in total. The van der Waals surface area contributed by atoms with E-state index in [1.807, 2.05) is 19.1 Å². The average Bonchev–Trinajstić information content (AvgIpc) is 2.22. The molecule has 1 rings (SSSR count). The molecule has 1 N–H and O–H groups in total. The molecule has 2 heteroatoms. The van der Waals surface area contributed by atoms with Gasteiger partial charge >= 0.3 is 0 Å². The number of benzene rings is 1. The van der Waals surface area contributed by atoms with Gasteiger partial charge in [0.15, 0.2) is 0 Å². The molecule has 76 valence electrons. The van der Waals surface area contributed by atoms with Crippen molar-refractivity contribution in [1.29, 1.82) is 0 Å². The molecule has 0 bridgehead atoms. The molecule has 1 aromatic carbocycles. The zero-order valence-corrected chi connectivity index (χ0v) is 8.28. The van der Waals surface area contributed by atoms with Crippen molar-refractivity contribution in [3.63, 3.8) is 0 Å². The van der Waals surface area contributed by atoms with Gasteiger partial charge in [0.05, 0.1) is 0 Å². The lowest BCUT2D eigenvalue weighted by atomic mass is 10.1. The summed E-state index contributed by atoms with van der Waals surface area (Å²) in [6, 6.07) is 6.30. The number of halogens is 1. The second-order valence-corrected chi connectivity index (χ2v) is 3.26. The van der Waals surface area contributed by atoms with Gasteiger partial charge in [-0.1, -0.05) is 31.2 Å². The van der Waals surface area contributed by atoms with Crippen molar-refractivity contribution >= 4 is 6.08 Å². The van der Waals surface area contributed by atoms with Crippen LogP contribution in [0.2, 0.25) is 0 Å². The van der Waals surface area contributed by atoms with E-state index in [1.165, 1.54) is 12.1 Å². The highest BCUT2D eigenvalue weighted by Gasteiger charge is 1.97. The first kappa shape index (κ1) is 10.9. The van der Waals surface area contributed by atoms with Crippen molar-refractivity contribution < 1.29 is 9.50 Å². The lowest BCUT2D eigenvalue weighted by Crippen LogP contribution is -1.99. The normalized spacial score (nSPS) is 13.4. The van der Waals surface area contributed by atoms with E-state index < -0.39 is 0 Å². The van der Waals surface area contributed by atoms with Crippen LogP contribution in [0.15, 0.2) is 30.3 Å². The standard InChI is InChI=1S/C12H15FO/c1-2-10(9-14)3-4-11-5-7-12(13)8-6-11/h3-8,10,14H,2,9H2,1H3. The van der Waals surface area contributed by atoms with Crippen molar-refractivity contribution in [2.24, 2.45) is 5.92 Å². The van der Waals surface area contributed by atoms with E-state index in [1.54, 1.807) is 12.1 Å². The van der Waals surface area contributed by atoms with Crippen LogP contribution < -0.4 is 0 Å². The Morgan fingerprint density at radius 3 is 2.50 bits per heavy atom. The molecule has 0 saturated carbocycles. The van der Waals surface area contributed by atoms with E-state index in [9.17, 15) is 4.39 Å². The second-order valence-electron chi connectivity index (χ2n) is 3.26. The first-order valence-electron chi connectivity index (χ1n) is 4.81. The van der Waals surface area contributed by atoms with Gasteiger partial charge in [-0.25, -0.2) is 4.39 Å². The van der Waals surface area contributed by atoms with E-state index in [0.717, 1.165) is 12.0 Å². The topological polar surface area (TPSA) is 20.2 Å². The molecule has 1 aromatic rings. The molecule has 0 amide bonds. The third-order valence-electron chi connectivity index (χ3n) is 2.19. The van der Waals surface area contributed by atoms with Crippen LogP contribution in [0, 0.1) is 11.7 Å². The second kappa shape index (κ2) is 5.55. The van der Waals surface area contributed by atoms with Gasteiger partial charge in [-0.15, -0.1) is 0 Å². The zero-order valence-electron chi connectivity index (χ0n) is 8.28. The number of hydrogen-bond donors (Lipinski definition) is 1. The maximum Gasteiger partial charge on any atom is 0.123 e. The van der Waals surface area contributed by atoms with Gasteiger partial charge in [-0.3, -0.25) is 0 Å². The summed E-state index contributed by atoms with van der Waals surface area (Å²) in [5.74, 6) is -0.0311. The highest BCUT2D eigenvalue weighted by atomic mass is 19.1. The van der Waals surface area contributed by atoms with Crippen LogP contribution >= 0.6 is 0 Å². The molecule has 0 aliphatic heterocycles. The Labute approximate surface area is 83.9 Å². The van der Waals surface area contributed by atoms with E-state index in [4.69, 9.17) is 5.11 Å². The van der Waals surface area contributed by atoms with Crippen molar-refractivity contribution in [3.05, 3.63) is 41.7 Å². The van der Waals surface area contributed by atoms with Crippen LogP contribution in [0.3, 0.4) is 0 Å². The SMILES string of the molecule is CCC(C=Cc1ccc(F)cc1)CO. The fourth-order valence-corrected chi connectivity index (χ4v) is 1.15. The molecule has 0 spiro atoms. The molecule has 0 heterocycles. The Morgan fingerprint density at radius 2 is 2.00 bits per heavy atom. The summed E-state index contributed by atoms with van der Waals surface area (Å²) in [7, 11) is 0. The summed E-state index contributed by atoms with van der Waals surface area (Å²) in [5, 5.41) is 8.94. The Bertz CT molecular complexity index is 286. The predicted octanol–water partition coefficient (Wildman–Crippen LogP) is 2.86. The van der Waals surface area contributed by atoms with Crippen LogP contribution in [0.5, 0.6) is 0 Å². The van der Waals surface area contributed by atoms with Crippen LogP contribution in [-0.2, 0) is 0 Å². The molecule has 0 fully saturated rings. The zero-order chi connectivity index (χ0) is 10.4. The van der Waals surface area contributed by atoms with Gasteiger partial charge in [0.1, 0.15) is 5.82 Å². The summed E-state index contributed by atoms with van der Waals surface area (Å²) in [6.45, 7) is 2.18. The largest absolute Gasteiger partial charge is 0.396 e. The van der Waals surface area contributed by atoms with Crippen LogP contribution in [0.4, 0.5) is 4.39 Å². The minimum absolute atomic E-state index is 0.161. The predicted molar refractivity (Wildman–Crippen MR) is 56.3 cm³/mol. The average molecular weight is 194 g/mol. The highest BCUT2D eigenvalue weighted by Crippen LogP contribution is 2.09. The molecule has 0 radical (unpaired) electrons. The molecule has 0 saturated heterocycles. The van der Waals surface area contributed by atoms with Crippen LogP contribution in [-0.4, -0.2) is 11.7 Å². The van der Waals surface area contributed by atoms with E-state index in [2.05, 4.69) is 0 Å². The summed E-state index contributed by atoms with van der Waals surface area (Å²) in [6.07, 6.45) is 4.77. The van der Waals surface area contributed by atoms with Gasteiger partial charge in [-0.2, -0.15) is 0 Å². The minimum atomic E-state index is -0.226. The van der Waals surface area contributed by atoms with E-state index in [-0.39, 0.29) is 18.3 Å². The number of rotatable bonds is 4. The summed E-state index contributed by atoms with van der Waals surface area (Å²) >= 11 is 0. The Hall–Kier alpha value is -1.15. The monoisotopic (exact) mass is 194 g/mol. The minimum Gasteiger partial charge on any atom is -0.396 e. The molecular weight excluding hydrogens is 179 g/mol. The lowest BCUT2D eigenvalue weighted by Gasteiger charge is -2.03. The van der Waals surface area contributed by atoms with Crippen LogP contribution in [0.1, 0.15) is 18.9 Å². The molecule has 0 aliphatic carbocycles. The fourth-order valence-electron chi connectivity index (χ4n) is 1.15. The van der Waals surface area contributed by atoms with Gasteiger partial charge in [-0.05, 0) is 30.0 Å². The fraction of sp³-hybridized carbons (Fsp3) is 0.333. The van der Waals surface area contributed by atoms with E-state index in [0.29, 0.717) is 0 Å². The third kappa shape index (κ3) is 3.30. The number of aliphatic hydroxyl groups excluding tert-OH is 1. The molecule has 0 aliphatic rings. The highest BCUT2D eigenvalue weighted by molar-refractivity contribution is 5.49. The van der Waals surface area contributed by atoms with E-state index >= 15 is 0 Å². The molecule has 1 atom stereocenters. The lowest BCUT2D eigenvalue weighted by molar-refractivity contribution is 0.250. The summed E-state index contributed by atoms with van der Waals surface area (Å²) < 4.78 is 12.6. The molecular formula is C12H15FO. The maximum absolute atomic E-state index is 12.6. The Morgan fingerprint density at radius 1 is 1.36 bits per heavy atom. The smallest absolute Gasteiger partial charge is 0.123 e. The van der Waals surface area contributed by atoms with Gasteiger partial charge in [0, 0.05) is 6.61 Å². The molecule has 14 heavy (non-hydrogen) atoms. The summed E-state index contributed by atoms with van der Waals surface area (Å²) in [5.41, 5.74) is 0.957. The first-order valence-corrected chi connectivity index (χ1v) is 4.81. The van der Waals surface area contributed by atoms with Gasteiger partial charge < -0.3 is 5.11 Å². The Balaban J connectivity index is 2.63. The number of hydrogen-bond acceptors (Lipinski definition) is 1. The third-order valence-corrected chi connectivity index (χ3v) is 2.19. The Kier molecular flexibility index (Phi) is 4.33. The molecule has 1 unspecified atom stereocenters.